The summed E-state index contributed by atoms with van der Waals surface area (Å²) < 4.78 is 1.83. The third kappa shape index (κ3) is 3.53. The van der Waals surface area contributed by atoms with Gasteiger partial charge in [-0.3, -0.25) is 9.20 Å². The van der Waals surface area contributed by atoms with Gasteiger partial charge in [0.1, 0.15) is 11.1 Å². The maximum Gasteiger partial charge on any atom is 0.230 e. The van der Waals surface area contributed by atoms with Gasteiger partial charge < -0.3 is 5.32 Å². The quantitative estimate of drug-likeness (QED) is 0.696. The summed E-state index contributed by atoms with van der Waals surface area (Å²) in [5, 5.41) is 20.9. The van der Waals surface area contributed by atoms with E-state index in [1.165, 1.54) is 11.8 Å². The Morgan fingerprint density at radius 3 is 2.85 bits per heavy atom. The molecule has 3 aromatic heterocycles. The summed E-state index contributed by atoms with van der Waals surface area (Å²) in [4.78, 5) is 16.6. The number of aromatic nitrogens is 4. The number of carbonyl (C=O) groups is 1. The second kappa shape index (κ2) is 7.54. The highest BCUT2D eigenvalue weighted by atomic mass is 32.2. The molecule has 3 aromatic rings. The normalized spacial score (nSPS) is 10.7. The highest BCUT2D eigenvalue weighted by molar-refractivity contribution is 8.00. The van der Waals surface area contributed by atoms with Gasteiger partial charge in [0, 0.05) is 11.9 Å². The number of nitrogens with one attached hydrogen (secondary N) is 1. The van der Waals surface area contributed by atoms with Crippen LogP contribution in [0.15, 0.2) is 29.4 Å². The number of hydrogen-bond donors (Lipinski definition) is 1. The van der Waals surface area contributed by atoms with Crippen molar-refractivity contribution in [1.82, 2.24) is 24.9 Å². The molecule has 0 radical (unpaired) electrons. The Bertz CT molecular complexity index is 1020. The summed E-state index contributed by atoms with van der Waals surface area (Å²) in [5.41, 5.74) is 4.07. The Balaban J connectivity index is 1.64. The van der Waals surface area contributed by atoms with Crippen LogP contribution in [0.2, 0.25) is 0 Å². The zero-order valence-corrected chi connectivity index (χ0v) is 15.6. The number of amides is 1. The molecule has 0 aliphatic rings. The van der Waals surface area contributed by atoms with Crippen molar-refractivity contribution in [1.29, 1.82) is 5.26 Å². The highest BCUT2D eigenvalue weighted by Crippen LogP contribution is 2.26. The zero-order chi connectivity index (χ0) is 18.7. The van der Waals surface area contributed by atoms with Crippen molar-refractivity contribution in [3.63, 3.8) is 0 Å². The maximum absolute atomic E-state index is 12.2. The fourth-order valence-electron chi connectivity index (χ4n) is 2.52. The van der Waals surface area contributed by atoms with Crippen molar-refractivity contribution in [2.24, 2.45) is 0 Å². The first-order valence-electron chi connectivity index (χ1n) is 8.07. The summed E-state index contributed by atoms with van der Waals surface area (Å²) in [6.07, 6.45) is 1.85. The molecule has 0 atom stereocenters. The van der Waals surface area contributed by atoms with Crippen LogP contribution in [-0.2, 0) is 11.3 Å². The zero-order valence-electron chi connectivity index (χ0n) is 14.8. The van der Waals surface area contributed by atoms with Gasteiger partial charge in [-0.05, 0) is 44.0 Å². The Morgan fingerprint density at radius 2 is 2.08 bits per heavy atom. The van der Waals surface area contributed by atoms with Crippen molar-refractivity contribution in [3.8, 4) is 6.07 Å². The number of nitriles is 1. The van der Waals surface area contributed by atoms with Crippen molar-refractivity contribution in [2.75, 3.05) is 5.75 Å². The topological polar surface area (TPSA) is 96.0 Å². The molecule has 0 saturated heterocycles. The summed E-state index contributed by atoms with van der Waals surface area (Å²) in [5.74, 6) is 0.696. The predicted molar refractivity (Wildman–Crippen MR) is 98.7 cm³/mol. The fourth-order valence-corrected chi connectivity index (χ4v) is 3.44. The van der Waals surface area contributed by atoms with Gasteiger partial charge in [0.25, 0.3) is 0 Å². The van der Waals surface area contributed by atoms with Gasteiger partial charge in [-0.15, -0.1) is 10.2 Å². The minimum Gasteiger partial charge on any atom is -0.348 e. The number of pyridine rings is 2. The van der Waals surface area contributed by atoms with E-state index in [-0.39, 0.29) is 18.2 Å². The lowest BCUT2D eigenvalue weighted by Gasteiger charge is -2.11. The number of carbonyl (C=O) groups excluding carboxylic acids is 1. The van der Waals surface area contributed by atoms with E-state index in [0.29, 0.717) is 16.4 Å². The second-order valence-electron chi connectivity index (χ2n) is 5.85. The minimum atomic E-state index is -0.149. The summed E-state index contributed by atoms with van der Waals surface area (Å²) in [6.45, 7) is 6.05. The van der Waals surface area contributed by atoms with E-state index in [9.17, 15) is 10.1 Å². The van der Waals surface area contributed by atoms with Crippen molar-refractivity contribution in [2.45, 2.75) is 32.3 Å². The van der Waals surface area contributed by atoms with Crippen molar-refractivity contribution >= 4 is 23.3 Å². The third-order valence-electron chi connectivity index (χ3n) is 4.24. The molecule has 1 N–H and O–H groups in total. The molecule has 8 heteroatoms. The Kier molecular flexibility index (Phi) is 5.19. The molecule has 0 aliphatic carbocycles. The van der Waals surface area contributed by atoms with E-state index in [1.54, 1.807) is 0 Å². The van der Waals surface area contributed by atoms with Crippen LogP contribution in [-0.4, -0.2) is 31.2 Å². The summed E-state index contributed by atoms with van der Waals surface area (Å²) in [7, 11) is 0. The molecule has 0 aliphatic heterocycles. The van der Waals surface area contributed by atoms with Gasteiger partial charge >= 0.3 is 0 Å². The lowest BCUT2D eigenvalue weighted by molar-refractivity contribution is -0.118. The Morgan fingerprint density at radius 1 is 1.27 bits per heavy atom. The first kappa shape index (κ1) is 17.9. The van der Waals surface area contributed by atoms with Gasteiger partial charge in [0.2, 0.25) is 5.91 Å². The van der Waals surface area contributed by atoms with Crippen LogP contribution < -0.4 is 5.32 Å². The largest absolute Gasteiger partial charge is 0.348 e. The van der Waals surface area contributed by atoms with Crippen LogP contribution in [0, 0.1) is 32.1 Å². The Hall–Kier alpha value is -2.92. The smallest absolute Gasteiger partial charge is 0.230 e. The lowest BCUT2D eigenvalue weighted by Crippen LogP contribution is -2.25. The molecule has 0 fully saturated rings. The van der Waals surface area contributed by atoms with Gasteiger partial charge in [0.15, 0.2) is 11.5 Å². The maximum atomic E-state index is 12.2. The standard InChI is InChI=1S/C18H18N6OS/c1-11-12(2)14(8-19)18(21-13(11)3)26-10-17(25)20-9-16-23-22-15-6-4-5-7-24(15)16/h4-7H,9-10H2,1-3H3,(H,20,25). The van der Waals surface area contributed by atoms with Crippen LogP contribution in [0.5, 0.6) is 0 Å². The van der Waals surface area contributed by atoms with Crippen LogP contribution in [0.1, 0.15) is 28.2 Å². The van der Waals surface area contributed by atoms with Crippen LogP contribution in [0.25, 0.3) is 5.65 Å². The number of aryl methyl sites for hydroxylation is 1. The number of fused-ring (bicyclic) bond motifs is 1. The van der Waals surface area contributed by atoms with Crippen molar-refractivity contribution < 1.29 is 4.79 Å². The number of rotatable bonds is 5. The van der Waals surface area contributed by atoms with Gasteiger partial charge in [-0.25, -0.2) is 4.98 Å². The molecule has 0 aromatic carbocycles. The monoisotopic (exact) mass is 366 g/mol. The van der Waals surface area contributed by atoms with E-state index in [4.69, 9.17) is 0 Å². The van der Waals surface area contributed by atoms with E-state index >= 15 is 0 Å². The first-order chi connectivity index (χ1) is 12.5. The molecule has 0 saturated carbocycles. The number of thioether (sulfide) groups is 1. The highest BCUT2D eigenvalue weighted by Gasteiger charge is 2.14. The van der Waals surface area contributed by atoms with Crippen LogP contribution >= 0.6 is 11.8 Å². The van der Waals surface area contributed by atoms with E-state index in [1.807, 2.05) is 49.6 Å². The molecule has 0 spiro atoms. The minimum absolute atomic E-state index is 0.149. The Labute approximate surface area is 155 Å². The van der Waals surface area contributed by atoms with Gasteiger partial charge in [0.05, 0.1) is 17.9 Å². The molecule has 3 rings (SSSR count). The third-order valence-corrected chi connectivity index (χ3v) is 5.22. The molecule has 0 bridgehead atoms. The molecule has 26 heavy (non-hydrogen) atoms. The second-order valence-corrected chi connectivity index (χ2v) is 6.81. The SMILES string of the molecule is Cc1nc(SCC(=O)NCc2nnc3ccccn23)c(C#N)c(C)c1C. The molecule has 1 amide bonds. The van der Waals surface area contributed by atoms with E-state index in [2.05, 4.69) is 26.6 Å². The summed E-state index contributed by atoms with van der Waals surface area (Å²) in [6, 6.07) is 7.81. The fraction of sp³-hybridized carbons (Fsp3) is 0.278. The van der Waals surface area contributed by atoms with Crippen molar-refractivity contribution in [3.05, 3.63) is 52.6 Å². The van der Waals surface area contributed by atoms with Gasteiger partial charge in [-0.2, -0.15) is 5.26 Å². The van der Waals surface area contributed by atoms with Crippen LogP contribution in [0.4, 0.5) is 0 Å². The molecule has 7 nitrogen and oxygen atoms in total. The van der Waals surface area contributed by atoms with E-state index < -0.39 is 0 Å². The van der Waals surface area contributed by atoms with Gasteiger partial charge in [-0.1, -0.05) is 17.8 Å². The lowest BCUT2D eigenvalue weighted by atomic mass is 10.1. The molecule has 132 valence electrons. The molecular formula is C18H18N6OS. The molecule has 0 unspecified atom stereocenters. The molecule has 3 heterocycles. The summed E-state index contributed by atoms with van der Waals surface area (Å²) >= 11 is 1.27. The predicted octanol–water partition coefficient (Wildman–Crippen LogP) is 2.33. The number of nitrogens with zero attached hydrogens (tertiary/aromatic N) is 5. The number of hydrogen-bond acceptors (Lipinski definition) is 6. The first-order valence-corrected chi connectivity index (χ1v) is 9.06. The average molecular weight is 366 g/mol. The molecular weight excluding hydrogens is 348 g/mol. The average Bonchev–Trinajstić information content (AvgIpc) is 3.06. The van der Waals surface area contributed by atoms with E-state index in [0.717, 1.165) is 22.5 Å². The van der Waals surface area contributed by atoms with Crippen LogP contribution in [0.3, 0.4) is 0 Å².